The normalized spacial score (nSPS) is 12.1. The number of carbonyl (C=O) groups excluding carboxylic acids is 1. The Kier molecular flexibility index (Phi) is 41.0. The van der Waals surface area contributed by atoms with E-state index in [1.54, 1.807) is 0 Å². The fourth-order valence-electron chi connectivity index (χ4n) is 6.68. The summed E-state index contributed by atoms with van der Waals surface area (Å²) >= 11 is 0. The second-order valence-electron chi connectivity index (χ2n) is 14.8. The van der Waals surface area contributed by atoms with E-state index in [1.165, 1.54) is 205 Å². The lowest BCUT2D eigenvalue weighted by molar-refractivity contribution is -0.154. The molecular weight excluding hydrogens is 580 g/mol. The third-order valence-electron chi connectivity index (χ3n) is 9.93. The van der Waals surface area contributed by atoms with Gasteiger partial charge in [0.25, 0.3) is 0 Å². The van der Waals surface area contributed by atoms with Crippen molar-refractivity contribution in [1.82, 2.24) is 0 Å². The van der Waals surface area contributed by atoms with Crippen molar-refractivity contribution in [3.8, 4) is 0 Å². The molecule has 0 aliphatic carbocycles. The van der Waals surface area contributed by atoms with E-state index in [4.69, 9.17) is 9.47 Å². The van der Waals surface area contributed by atoms with Gasteiger partial charge in [0, 0.05) is 13.0 Å². The van der Waals surface area contributed by atoms with Crippen LogP contribution in [-0.2, 0) is 14.3 Å². The minimum Gasteiger partial charge on any atom is -0.457 e. The number of unbranched alkanes of at least 4 members (excludes halogenated alkanes) is 33. The van der Waals surface area contributed by atoms with E-state index < -0.39 is 6.10 Å². The Morgan fingerprint density at radius 2 is 0.702 bits per heavy atom. The number of carbonyl (C=O) groups is 1. The van der Waals surface area contributed by atoms with E-state index >= 15 is 0 Å². The van der Waals surface area contributed by atoms with Crippen LogP contribution >= 0.6 is 0 Å². The van der Waals surface area contributed by atoms with Crippen LogP contribution in [0.3, 0.4) is 0 Å². The molecule has 1 N–H and O–H groups in total. The molecule has 0 aromatic carbocycles. The van der Waals surface area contributed by atoms with Crippen molar-refractivity contribution in [3.05, 3.63) is 0 Å². The van der Waals surface area contributed by atoms with Crippen LogP contribution in [0.4, 0.5) is 0 Å². The zero-order valence-electron chi connectivity index (χ0n) is 32.3. The average Bonchev–Trinajstić information content (AvgIpc) is 3.08. The summed E-state index contributed by atoms with van der Waals surface area (Å²) in [6.45, 7) is 5.40. The topological polar surface area (TPSA) is 55.8 Å². The summed E-state index contributed by atoms with van der Waals surface area (Å²) in [6, 6.07) is 0. The van der Waals surface area contributed by atoms with Crippen molar-refractivity contribution >= 4 is 5.97 Å². The molecule has 282 valence electrons. The number of rotatable bonds is 41. The van der Waals surface area contributed by atoms with Crippen LogP contribution in [0.2, 0.25) is 0 Å². The first-order chi connectivity index (χ1) is 23.2. The molecule has 1 atom stereocenters. The van der Waals surface area contributed by atoms with Gasteiger partial charge in [0.1, 0.15) is 6.10 Å². The maximum atomic E-state index is 12.2. The zero-order valence-corrected chi connectivity index (χ0v) is 32.3. The molecule has 4 heteroatoms. The quantitative estimate of drug-likeness (QED) is 0.0521. The van der Waals surface area contributed by atoms with Crippen molar-refractivity contribution < 1.29 is 19.4 Å². The highest BCUT2D eigenvalue weighted by Gasteiger charge is 2.13. The third kappa shape index (κ3) is 39.7. The van der Waals surface area contributed by atoms with Gasteiger partial charge in [-0.15, -0.1) is 0 Å². The molecule has 0 saturated carbocycles. The Balaban J connectivity index is 3.34. The summed E-state index contributed by atoms with van der Waals surface area (Å²) in [7, 11) is 0. The second-order valence-corrected chi connectivity index (χ2v) is 14.8. The van der Waals surface area contributed by atoms with Crippen molar-refractivity contribution in [1.29, 1.82) is 0 Å². The van der Waals surface area contributed by atoms with Gasteiger partial charge in [0.05, 0.1) is 13.2 Å². The van der Waals surface area contributed by atoms with Gasteiger partial charge < -0.3 is 14.6 Å². The van der Waals surface area contributed by atoms with Gasteiger partial charge >= 0.3 is 5.97 Å². The second kappa shape index (κ2) is 41.6. The van der Waals surface area contributed by atoms with Crippen LogP contribution in [0.15, 0.2) is 0 Å². The summed E-state index contributed by atoms with van der Waals surface area (Å²) < 4.78 is 11.2. The first-order valence-corrected chi connectivity index (χ1v) is 21.6. The molecule has 0 aromatic heterocycles. The van der Waals surface area contributed by atoms with E-state index in [1.807, 2.05) is 0 Å². The molecule has 0 rings (SSSR count). The Morgan fingerprint density at radius 3 is 1.00 bits per heavy atom. The van der Waals surface area contributed by atoms with E-state index in [2.05, 4.69) is 13.8 Å². The molecule has 0 aliphatic rings. The van der Waals surface area contributed by atoms with E-state index in [0.29, 0.717) is 19.6 Å². The largest absolute Gasteiger partial charge is 0.457 e. The summed E-state index contributed by atoms with van der Waals surface area (Å²) in [4.78, 5) is 12.2. The fraction of sp³-hybridized carbons (Fsp3) is 0.977. The van der Waals surface area contributed by atoms with Gasteiger partial charge in [-0.1, -0.05) is 226 Å². The molecule has 47 heavy (non-hydrogen) atoms. The maximum Gasteiger partial charge on any atom is 0.306 e. The first-order valence-electron chi connectivity index (χ1n) is 21.6. The highest BCUT2D eigenvalue weighted by molar-refractivity contribution is 5.69. The molecule has 0 fully saturated rings. The van der Waals surface area contributed by atoms with E-state index in [9.17, 15) is 9.90 Å². The van der Waals surface area contributed by atoms with Gasteiger partial charge in [-0.25, -0.2) is 0 Å². The van der Waals surface area contributed by atoms with Crippen LogP contribution in [0.5, 0.6) is 0 Å². The van der Waals surface area contributed by atoms with Gasteiger partial charge in [-0.05, 0) is 12.8 Å². The smallest absolute Gasteiger partial charge is 0.306 e. The predicted octanol–water partition coefficient (Wildman–Crippen LogP) is 14.0. The zero-order chi connectivity index (χ0) is 34.1. The molecule has 0 heterocycles. The standard InChI is InChI=1S/C43H86O4/c1-3-5-7-9-11-13-15-17-18-19-20-21-22-23-24-25-26-28-30-32-34-36-38-43(45)47-42(40-44)41-46-39-37-35-33-31-29-27-16-14-12-10-8-6-4-2/h42,44H,3-41H2,1-2H3. The monoisotopic (exact) mass is 667 g/mol. The van der Waals surface area contributed by atoms with Crippen LogP contribution in [-0.4, -0.2) is 37.0 Å². The molecule has 4 nitrogen and oxygen atoms in total. The molecule has 0 aliphatic heterocycles. The minimum atomic E-state index is -0.524. The number of esters is 1. The summed E-state index contributed by atoms with van der Waals surface area (Å²) in [5, 5.41) is 9.58. The Morgan fingerprint density at radius 1 is 0.426 bits per heavy atom. The number of aliphatic hydroxyl groups excluding tert-OH is 1. The number of ether oxygens (including phenoxy) is 2. The van der Waals surface area contributed by atoms with E-state index in [-0.39, 0.29) is 12.6 Å². The maximum absolute atomic E-state index is 12.2. The highest BCUT2D eigenvalue weighted by Crippen LogP contribution is 2.16. The average molecular weight is 667 g/mol. The molecule has 0 amide bonds. The Hall–Kier alpha value is -0.610. The fourth-order valence-corrected chi connectivity index (χ4v) is 6.68. The Bertz CT molecular complexity index is 580. The van der Waals surface area contributed by atoms with Crippen LogP contribution in [0.25, 0.3) is 0 Å². The third-order valence-corrected chi connectivity index (χ3v) is 9.93. The molecule has 0 radical (unpaired) electrons. The SMILES string of the molecule is CCCCCCCCCCCCCCCCCCCCCCCCC(=O)OC(CO)COCCCCCCCCCCCCCCC. The van der Waals surface area contributed by atoms with Gasteiger partial charge in [0.2, 0.25) is 0 Å². The summed E-state index contributed by atoms with van der Waals surface area (Å²) in [6.07, 6.45) is 47.4. The molecule has 0 bridgehead atoms. The number of hydrogen-bond donors (Lipinski definition) is 1. The molecule has 0 saturated heterocycles. The van der Waals surface area contributed by atoms with Crippen molar-refractivity contribution in [2.75, 3.05) is 19.8 Å². The lowest BCUT2D eigenvalue weighted by atomic mass is 10.0. The minimum absolute atomic E-state index is 0.163. The lowest BCUT2D eigenvalue weighted by Crippen LogP contribution is -2.27. The predicted molar refractivity (Wildman–Crippen MR) is 205 cm³/mol. The number of aliphatic hydroxyl groups is 1. The molecule has 0 aromatic rings. The number of hydrogen-bond acceptors (Lipinski definition) is 4. The molecule has 0 spiro atoms. The van der Waals surface area contributed by atoms with E-state index in [0.717, 1.165) is 19.3 Å². The van der Waals surface area contributed by atoms with Crippen LogP contribution in [0, 0.1) is 0 Å². The first kappa shape index (κ1) is 46.4. The van der Waals surface area contributed by atoms with Gasteiger partial charge in [-0.2, -0.15) is 0 Å². The van der Waals surface area contributed by atoms with Gasteiger partial charge in [0.15, 0.2) is 0 Å². The van der Waals surface area contributed by atoms with Gasteiger partial charge in [-0.3, -0.25) is 4.79 Å². The lowest BCUT2D eigenvalue weighted by Gasteiger charge is -2.16. The van der Waals surface area contributed by atoms with Crippen LogP contribution < -0.4 is 0 Å². The molecule has 1 unspecified atom stereocenters. The van der Waals surface area contributed by atoms with Crippen molar-refractivity contribution in [2.45, 2.75) is 251 Å². The summed E-state index contributed by atoms with van der Waals surface area (Å²) in [5.41, 5.74) is 0. The highest BCUT2D eigenvalue weighted by atomic mass is 16.6. The van der Waals surface area contributed by atoms with Crippen molar-refractivity contribution in [2.24, 2.45) is 0 Å². The summed E-state index contributed by atoms with van der Waals surface area (Å²) in [5.74, 6) is -0.193. The van der Waals surface area contributed by atoms with Crippen LogP contribution in [0.1, 0.15) is 245 Å². The molecular formula is C43H86O4. The van der Waals surface area contributed by atoms with Crippen molar-refractivity contribution in [3.63, 3.8) is 0 Å². The Labute approximate surface area is 295 Å².